The summed E-state index contributed by atoms with van der Waals surface area (Å²) in [6.45, 7) is 6.41. The van der Waals surface area contributed by atoms with E-state index in [0.29, 0.717) is 5.92 Å². The normalized spacial score (nSPS) is 35.1. The summed E-state index contributed by atoms with van der Waals surface area (Å²) in [5, 5.41) is 3.43. The van der Waals surface area contributed by atoms with Crippen LogP contribution in [0.3, 0.4) is 0 Å². The summed E-state index contributed by atoms with van der Waals surface area (Å²) < 4.78 is 6.38. The number of ether oxygens (including phenoxy) is 1. The third-order valence-electron chi connectivity index (χ3n) is 4.52. The molecule has 0 aliphatic carbocycles. The molecule has 0 aromatic heterocycles. The number of hydrogen-bond donors (Lipinski definition) is 2. The molecule has 18 heavy (non-hydrogen) atoms. The highest BCUT2D eigenvalue weighted by Gasteiger charge is 2.45. The number of rotatable bonds is 0. The second-order valence-corrected chi connectivity index (χ2v) is 5.87. The van der Waals surface area contributed by atoms with Gasteiger partial charge in [0, 0.05) is 30.5 Å². The van der Waals surface area contributed by atoms with Crippen LogP contribution in [0.15, 0.2) is 18.2 Å². The molecule has 3 nitrogen and oxygen atoms in total. The fraction of sp³-hybridized carbons (Fsp3) is 0.600. The van der Waals surface area contributed by atoms with Gasteiger partial charge in [0.1, 0.15) is 11.4 Å². The second kappa shape index (κ2) is 4.25. The van der Waals surface area contributed by atoms with Gasteiger partial charge in [-0.15, -0.1) is 0 Å². The van der Waals surface area contributed by atoms with Crippen LogP contribution in [0.4, 0.5) is 0 Å². The first kappa shape index (κ1) is 12.0. The minimum atomic E-state index is -0.0626. The van der Waals surface area contributed by atoms with Crippen molar-refractivity contribution in [1.82, 2.24) is 5.32 Å². The van der Waals surface area contributed by atoms with Crippen LogP contribution in [0.2, 0.25) is 0 Å². The van der Waals surface area contributed by atoms with Gasteiger partial charge >= 0.3 is 0 Å². The van der Waals surface area contributed by atoms with E-state index in [2.05, 4.69) is 37.4 Å². The van der Waals surface area contributed by atoms with Crippen molar-refractivity contribution < 1.29 is 4.74 Å². The third-order valence-corrected chi connectivity index (χ3v) is 4.52. The topological polar surface area (TPSA) is 47.3 Å². The van der Waals surface area contributed by atoms with Crippen molar-refractivity contribution in [3.63, 3.8) is 0 Å². The molecule has 98 valence electrons. The maximum absolute atomic E-state index is 6.38. The van der Waals surface area contributed by atoms with Gasteiger partial charge in [0.15, 0.2) is 0 Å². The molecule has 2 heterocycles. The lowest BCUT2D eigenvalue weighted by Gasteiger charge is -2.47. The molecular formula is C15H22N2O. The molecule has 3 rings (SSSR count). The molecular weight excluding hydrogens is 224 g/mol. The predicted molar refractivity (Wildman–Crippen MR) is 72.7 cm³/mol. The van der Waals surface area contributed by atoms with Crippen molar-refractivity contribution >= 4 is 0 Å². The average Bonchev–Trinajstić information content (AvgIpc) is 2.34. The number of aryl methyl sites for hydroxylation is 1. The van der Waals surface area contributed by atoms with Crippen molar-refractivity contribution in [1.29, 1.82) is 0 Å². The largest absolute Gasteiger partial charge is 0.486 e. The zero-order valence-corrected chi connectivity index (χ0v) is 11.2. The minimum Gasteiger partial charge on any atom is -0.486 e. The van der Waals surface area contributed by atoms with Crippen LogP contribution >= 0.6 is 0 Å². The van der Waals surface area contributed by atoms with E-state index in [1.807, 2.05) is 0 Å². The molecule has 1 spiro atoms. The molecule has 1 fully saturated rings. The zero-order valence-electron chi connectivity index (χ0n) is 11.2. The Morgan fingerprint density at radius 1 is 1.44 bits per heavy atom. The molecule has 0 bridgehead atoms. The van der Waals surface area contributed by atoms with Crippen molar-refractivity contribution in [2.45, 2.75) is 38.3 Å². The van der Waals surface area contributed by atoms with Gasteiger partial charge < -0.3 is 15.8 Å². The van der Waals surface area contributed by atoms with Crippen LogP contribution in [0, 0.1) is 12.8 Å². The van der Waals surface area contributed by atoms with E-state index in [9.17, 15) is 0 Å². The molecule has 3 heteroatoms. The number of nitrogens with two attached hydrogens (primary N) is 1. The Morgan fingerprint density at radius 3 is 3.06 bits per heavy atom. The Bertz CT molecular complexity index is 460. The smallest absolute Gasteiger partial charge is 0.124 e. The van der Waals surface area contributed by atoms with Gasteiger partial charge in [-0.3, -0.25) is 0 Å². The van der Waals surface area contributed by atoms with E-state index < -0.39 is 0 Å². The van der Waals surface area contributed by atoms with Gasteiger partial charge in [0.25, 0.3) is 0 Å². The molecule has 3 atom stereocenters. The third kappa shape index (κ3) is 1.82. The first-order valence-corrected chi connectivity index (χ1v) is 6.87. The van der Waals surface area contributed by atoms with Crippen LogP contribution in [-0.4, -0.2) is 18.7 Å². The summed E-state index contributed by atoms with van der Waals surface area (Å²) in [4.78, 5) is 0. The highest BCUT2D eigenvalue weighted by atomic mass is 16.5. The number of benzene rings is 1. The second-order valence-electron chi connectivity index (χ2n) is 5.87. The van der Waals surface area contributed by atoms with Gasteiger partial charge in [-0.05, 0) is 26.0 Å². The first-order valence-electron chi connectivity index (χ1n) is 6.87. The van der Waals surface area contributed by atoms with Crippen LogP contribution in [0.25, 0.3) is 0 Å². The molecule has 1 saturated heterocycles. The summed E-state index contributed by atoms with van der Waals surface area (Å²) in [6, 6.07) is 6.46. The van der Waals surface area contributed by atoms with Gasteiger partial charge in [-0.2, -0.15) is 0 Å². The Balaban J connectivity index is 1.98. The Morgan fingerprint density at radius 2 is 2.28 bits per heavy atom. The van der Waals surface area contributed by atoms with Gasteiger partial charge in [-0.1, -0.05) is 24.6 Å². The maximum Gasteiger partial charge on any atom is 0.124 e. The summed E-state index contributed by atoms with van der Waals surface area (Å²) in [6.07, 6.45) is 1.99. The fourth-order valence-corrected chi connectivity index (χ4v) is 3.30. The van der Waals surface area contributed by atoms with Gasteiger partial charge in [-0.25, -0.2) is 0 Å². The molecule has 2 aliphatic heterocycles. The van der Waals surface area contributed by atoms with Crippen LogP contribution in [-0.2, 0) is 0 Å². The SMILES string of the molecule is Cc1ccc2c(c1)[C@H](N)CC1(CCNCC1C)O2. The number of piperidine rings is 1. The molecule has 1 aromatic carbocycles. The molecule has 1 aromatic rings. The summed E-state index contributed by atoms with van der Waals surface area (Å²) in [7, 11) is 0. The van der Waals surface area contributed by atoms with E-state index in [1.165, 1.54) is 11.1 Å². The summed E-state index contributed by atoms with van der Waals surface area (Å²) in [5.41, 5.74) is 8.74. The Kier molecular flexibility index (Phi) is 2.83. The molecule has 0 saturated carbocycles. The number of hydrogen-bond acceptors (Lipinski definition) is 3. The standard InChI is InChI=1S/C15H22N2O/c1-10-3-4-14-12(7-10)13(16)8-15(18-14)5-6-17-9-11(15)2/h3-4,7,11,13,17H,5-6,8-9,16H2,1-2H3/t11?,13-,15?/m1/s1. The van der Waals surface area contributed by atoms with Crippen molar-refractivity contribution in [3.05, 3.63) is 29.3 Å². The van der Waals surface area contributed by atoms with Crippen molar-refractivity contribution in [2.75, 3.05) is 13.1 Å². The molecule has 2 unspecified atom stereocenters. The lowest BCUT2D eigenvalue weighted by Crippen LogP contribution is -2.55. The first-order chi connectivity index (χ1) is 8.61. The molecule has 0 radical (unpaired) electrons. The quantitative estimate of drug-likeness (QED) is 0.737. The van der Waals surface area contributed by atoms with E-state index in [0.717, 1.165) is 31.7 Å². The molecule has 3 N–H and O–H groups in total. The van der Waals surface area contributed by atoms with Crippen molar-refractivity contribution in [3.8, 4) is 5.75 Å². The minimum absolute atomic E-state index is 0.0626. The summed E-state index contributed by atoms with van der Waals surface area (Å²) in [5.74, 6) is 1.50. The predicted octanol–water partition coefficient (Wildman–Crippen LogP) is 2.15. The fourth-order valence-electron chi connectivity index (χ4n) is 3.30. The Hall–Kier alpha value is -1.06. The van der Waals surface area contributed by atoms with Crippen LogP contribution in [0.5, 0.6) is 5.75 Å². The Labute approximate surface area is 109 Å². The van der Waals surface area contributed by atoms with Gasteiger partial charge in [0.2, 0.25) is 0 Å². The van der Waals surface area contributed by atoms with Gasteiger partial charge in [0.05, 0.1) is 0 Å². The van der Waals surface area contributed by atoms with E-state index >= 15 is 0 Å². The van der Waals surface area contributed by atoms with Crippen LogP contribution < -0.4 is 15.8 Å². The monoisotopic (exact) mass is 246 g/mol. The maximum atomic E-state index is 6.38. The van der Waals surface area contributed by atoms with E-state index in [4.69, 9.17) is 10.5 Å². The lowest BCUT2D eigenvalue weighted by molar-refractivity contribution is -0.0335. The van der Waals surface area contributed by atoms with E-state index in [-0.39, 0.29) is 11.6 Å². The number of fused-ring (bicyclic) bond motifs is 1. The van der Waals surface area contributed by atoms with Crippen molar-refractivity contribution in [2.24, 2.45) is 11.7 Å². The molecule has 2 aliphatic rings. The highest BCUT2D eigenvalue weighted by molar-refractivity contribution is 5.41. The lowest BCUT2D eigenvalue weighted by atomic mass is 9.75. The number of nitrogens with one attached hydrogen (secondary N) is 1. The van der Waals surface area contributed by atoms with E-state index in [1.54, 1.807) is 0 Å². The average molecular weight is 246 g/mol. The molecule has 0 amide bonds. The van der Waals surface area contributed by atoms with Crippen LogP contribution in [0.1, 0.15) is 36.9 Å². The summed E-state index contributed by atoms with van der Waals surface area (Å²) >= 11 is 0. The highest BCUT2D eigenvalue weighted by Crippen LogP contribution is 2.44. The zero-order chi connectivity index (χ0) is 12.8.